The van der Waals surface area contributed by atoms with Crippen molar-refractivity contribution in [1.29, 1.82) is 0 Å². The third-order valence-corrected chi connectivity index (χ3v) is 2.98. The molecule has 0 atom stereocenters. The molecule has 1 amide bonds. The number of carboxylic acid groups (broad SMARTS) is 1. The predicted octanol–water partition coefficient (Wildman–Crippen LogP) is 2.22. The molecule has 0 bridgehead atoms. The van der Waals surface area contributed by atoms with Crippen LogP contribution in [0.3, 0.4) is 0 Å². The van der Waals surface area contributed by atoms with Gasteiger partial charge in [0, 0.05) is 23.6 Å². The number of amides is 1. The van der Waals surface area contributed by atoms with Gasteiger partial charge in [0.05, 0.1) is 6.42 Å². The molecule has 0 fully saturated rings. The van der Waals surface area contributed by atoms with E-state index in [4.69, 9.17) is 5.11 Å². The summed E-state index contributed by atoms with van der Waals surface area (Å²) in [7, 11) is 0. The van der Waals surface area contributed by atoms with Gasteiger partial charge in [-0.3, -0.25) is 9.59 Å². The average Bonchev–Trinajstić information content (AvgIpc) is 2.29. The maximum absolute atomic E-state index is 11.5. The second-order valence-corrected chi connectivity index (χ2v) is 4.65. The van der Waals surface area contributed by atoms with Crippen LogP contribution in [0.25, 0.3) is 0 Å². The van der Waals surface area contributed by atoms with Gasteiger partial charge in [0.15, 0.2) is 0 Å². The number of benzene rings is 1. The lowest BCUT2D eigenvalue weighted by molar-refractivity contribution is -0.136. The Morgan fingerprint density at radius 3 is 2.41 bits per heavy atom. The van der Waals surface area contributed by atoms with E-state index in [0.717, 1.165) is 5.69 Å². The lowest BCUT2D eigenvalue weighted by Crippen LogP contribution is -2.12. The number of hydrogen-bond donors (Lipinski definition) is 2. The number of carboxylic acids is 1. The maximum Gasteiger partial charge on any atom is 0.304 e. The number of carbonyl (C=O) groups excluding carboxylic acids is 1. The molecule has 1 aromatic carbocycles. The van der Waals surface area contributed by atoms with Crippen molar-refractivity contribution in [3.63, 3.8) is 0 Å². The number of nitrogens with one attached hydrogen (secondary N) is 1. The SMILES string of the molecule is O=C(O)CCSCCC(=O)Nc1ccccc1. The highest BCUT2D eigenvalue weighted by atomic mass is 32.2. The van der Waals surface area contributed by atoms with E-state index < -0.39 is 5.97 Å². The first kappa shape index (κ1) is 13.6. The van der Waals surface area contributed by atoms with Gasteiger partial charge < -0.3 is 10.4 Å². The number of rotatable bonds is 7. The Hall–Kier alpha value is -1.49. The van der Waals surface area contributed by atoms with Crippen LogP contribution in [-0.4, -0.2) is 28.5 Å². The molecule has 1 aromatic rings. The molecule has 0 radical (unpaired) electrons. The number of hydrogen-bond acceptors (Lipinski definition) is 3. The fourth-order valence-electron chi connectivity index (χ4n) is 1.17. The van der Waals surface area contributed by atoms with E-state index in [0.29, 0.717) is 17.9 Å². The van der Waals surface area contributed by atoms with Crippen molar-refractivity contribution in [1.82, 2.24) is 0 Å². The summed E-state index contributed by atoms with van der Waals surface area (Å²) >= 11 is 1.48. The zero-order chi connectivity index (χ0) is 12.5. The lowest BCUT2D eigenvalue weighted by atomic mass is 10.3. The number of para-hydroxylation sites is 1. The summed E-state index contributed by atoms with van der Waals surface area (Å²) in [6, 6.07) is 9.26. The fourth-order valence-corrected chi connectivity index (χ4v) is 2.02. The van der Waals surface area contributed by atoms with Crippen molar-refractivity contribution >= 4 is 29.3 Å². The van der Waals surface area contributed by atoms with Crippen LogP contribution in [0.2, 0.25) is 0 Å². The van der Waals surface area contributed by atoms with Crippen molar-refractivity contribution in [3.8, 4) is 0 Å². The van der Waals surface area contributed by atoms with Crippen molar-refractivity contribution in [2.45, 2.75) is 12.8 Å². The third kappa shape index (κ3) is 6.63. The Labute approximate surface area is 104 Å². The minimum Gasteiger partial charge on any atom is -0.481 e. The minimum absolute atomic E-state index is 0.0426. The normalized spacial score (nSPS) is 9.88. The zero-order valence-corrected chi connectivity index (χ0v) is 10.2. The van der Waals surface area contributed by atoms with Gasteiger partial charge in [0.25, 0.3) is 0 Å². The van der Waals surface area contributed by atoms with Crippen LogP contribution >= 0.6 is 11.8 Å². The number of carbonyl (C=O) groups is 2. The Kier molecular flexibility index (Phi) is 6.17. The van der Waals surface area contributed by atoms with Gasteiger partial charge in [-0.05, 0) is 12.1 Å². The number of aliphatic carboxylic acids is 1. The van der Waals surface area contributed by atoms with Crippen LogP contribution in [-0.2, 0) is 9.59 Å². The Morgan fingerprint density at radius 2 is 1.76 bits per heavy atom. The molecule has 1 rings (SSSR count). The van der Waals surface area contributed by atoms with E-state index in [9.17, 15) is 9.59 Å². The monoisotopic (exact) mass is 253 g/mol. The van der Waals surface area contributed by atoms with Gasteiger partial charge in [0.1, 0.15) is 0 Å². The average molecular weight is 253 g/mol. The van der Waals surface area contributed by atoms with Crippen LogP contribution in [0.15, 0.2) is 30.3 Å². The maximum atomic E-state index is 11.5. The topological polar surface area (TPSA) is 66.4 Å². The van der Waals surface area contributed by atoms with Gasteiger partial charge in [-0.15, -0.1) is 0 Å². The third-order valence-electron chi connectivity index (χ3n) is 1.99. The van der Waals surface area contributed by atoms with Gasteiger partial charge >= 0.3 is 5.97 Å². The van der Waals surface area contributed by atoms with Crippen LogP contribution in [0.5, 0.6) is 0 Å². The van der Waals surface area contributed by atoms with Gasteiger partial charge in [-0.25, -0.2) is 0 Å². The van der Waals surface area contributed by atoms with Crippen molar-refractivity contribution in [2.75, 3.05) is 16.8 Å². The summed E-state index contributed by atoms with van der Waals surface area (Å²) in [6.07, 6.45) is 0.546. The summed E-state index contributed by atoms with van der Waals surface area (Å²) in [6.45, 7) is 0. The molecule has 0 saturated heterocycles. The molecule has 2 N–H and O–H groups in total. The van der Waals surface area contributed by atoms with E-state index in [-0.39, 0.29) is 12.3 Å². The standard InChI is InChI=1S/C12H15NO3S/c14-11(6-8-17-9-7-12(15)16)13-10-4-2-1-3-5-10/h1-5H,6-9H2,(H,13,14)(H,15,16). The van der Waals surface area contributed by atoms with Crippen LogP contribution < -0.4 is 5.32 Å². The van der Waals surface area contributed by atoms with Crippen molar-refractivity contribution < 1.29 is 14.7 Å². The molecule has 0 unspecified atom stereocenters. The van der Waals surface area contributed by atoms with Crippen molar-refractivity contribution in [2.24, 2.45) is 0 Å². The molecule has 0 saturated carbocycles. The van der Waals surface area contributed by atoms with E-state index in [1.54, 1.807) is 0 Å². The fraction of sp³-hybridized carbons (Fsp3) is 0.333. The molecular formula is C12H15NO3S. The molecule has 0 aliphatic carbocycles. The van der Waals surface area contributed by atoms with E-state index >= 15 is 0 Å². The second-order valence-electron chi connectivity index (χ2n) is 3.42. The summed E-state index contributed by atoms with van der Waals surface area (Å²) in [4.78, 5) is 21.7. The molecule has 0 heterocycles. The van der Waals surface area contributed by atoms with Crippen LogP contribution in [0.4, 0.5) is 5.69 Å². The number of anilines is 1. The molecular weight excluding hydrogens is 238 g/mol. The highest BCUT2D eigenvalue weighted by molar-refractivity contribution is 7.99. The Balaban J connectivity index is 2.12. The smallest absolute Gasteiger partial charge is 0.304 e. The summed E-state index contributed by atoms with van der Waals surface area (Å²) in [5.41, 5.74) is 0.785. The summed E-state index contributed by atoms with van der Waals surface area (Å²) in [5.74, 6) is 0.352. The summed E-state index contributed by atoms with van der Waals surface area (Å²) < 4.78 is 0. The van der Waals surface area contributed by atoms with Crippen LogP contribution in [0.1, 0.15) is 12.8 Å². The van der Waals surface area contributed by atoms with E-state index in [1.807, 2.05) is 30.3 Å². The Morgan fingerprint density at radius 1 is 1.12 bits per heavy atom. The molecule has 0 aliphatic heterocycles. The largest absolute Gasteiger partial charge is 0.481 e. The first-order valence-electron chi connectivity index (χ1n) is 5.33. The number of thioether (sulfide) groups is 1. The quantitative estimate of drug-likeness (QED) is 0.731. The molecule has 92 valence electrons. The van der Waals surface area contributed by atoms with E-state index in [1.165, 1.54) is 11.8 Å². The van der Waals surface area contributed by atoms with Crippen molar-refractivity contribution in [3.05, 3.63) is 30.3 Å². The second kappa shape index (κ2) is 7.73. The first-order valence-corrected chi connectivity index (χ1v) is 6.48. The highest BCUT2D eigenvalue weighted by Crippen LogP contribution is 2.08. The molecule has 0 aromatic heterocycles. The zero-order valence-electron chi connectivity index (χ0n) is 9.39. The van der Waals surface area contributed by atoms with E-state index in [2.05, 4.69) is 5.32 Å². The molecule has 0 aliphatic rings. The minimum atomic E-state index is -0.800. The predicted molar refractivity (Wildman–Crippen MR) is 69.3 cm³/mol. The molecule has 0 spiro atoms. The molecule has 17 heavy (non-hydrogen) atoms. The van der Waals surface area contributed by atoms with Crippen LogP contribution in [0, 0.1) is 0 Å². The molecule has 4 nitrogen and oxygen atoms in total. The first-order chi connectivity index (χ1) is 8.18. The summed E-state index contributed by atoms with van der Waals surface area (Å²) in [5, 5.41) is 11.2. The lowest BCUT2D eigenvalue weighted by Gasteiger charge is -2.04. The van der Waals surface area contributed by atoms with Gasteiger partial charge in [-0.1, -0.05) is 18.2 Å². The molecule has 5 heteroatoms. The Bertz CT molecular complexity index is 367. The van der Waals surface area contributed by atoms with Gasteiger partial charge in [-0.2, -0.15) is 11.8 Å². The van der Waals surface area contributed by atoms with Gasteiger partial charge in [0.2, 0.25) is 5.91 Å². The highest BCUT2D eigenvalue weighted by Gasteiger charge is 2.02.